The van der Waals surface area contributed by atoms with Gasteiger partial charge in [0.1, 0.15) is 6.10 Å². The second kappa shape index (κ2) is 4.47. The highest BCUT2D eigenvalue weighted by Crippen LogP contribution is 2.16. The summed E-state index contributed by atoms with van der Waals surface area (Å²) in [6.45, 7) is 1.87. The number of likely N-dealkylation sites (tertiary alicyclic amines) is 1. The third kappa shape index (κ3) is 2.90. The van der Waals surface area contributed by atoms with Crippen LogP contribution in [0.2, 0.25) is 10.6 Å². The van der Waals surface area contributed by atoms with Crippen molar-refractivity contribution >= 4 is 23.2 Å². The Labute approximate surface area is 97.4 Å². The van der Waals surface area contributed by atoms with Crippen LogP contribution >= 0.6 is 23.2 Å². The molecule has 0 radical (unpaired) electrons. The lowest BCUT2D eigenvalue weighted by molar-refractivity contribution is 0.191. The Hall–Kier alpha value is -0.650. The molecule has 1 fully saturated rings. The maximum Gasteiger partial charge on any atom is 0.322 e. The Balaban J connectivity index is 2.04. The van der Waals surface area contributed by atoms with Crippen molar-refractivity contribution in [3.8, 4) is 6.01 Å². The van der Waals surface area contributed by atoms with Crippen LogP contribution in [-0.4, -0.2) is 46.1 Å². The Morgan fingerprint density at radius 3 is 2.47 bits per heavy atom. The van der Waals surface area contributed by atoms with Crippen LogP contribution in [0, 0.1) is 0 Å². The van der Waals surface area contributed by atoms with E-state index in [-0.39, 0.29) is 22.7 Å². The fourth-order valence-electron chi connectivity index (χ4n) is 1.50. The van der Waals surface area contributed by atoms with Gasteiger partial charge < -0.3 is 9.64 Å². The van der Waals surface area contributed by atoms with Crippen molar-refractivity contribution < 1.29 is 4.74 Å². The summed E-state index contributed by atoms with van der Waals surface area (Å²) in [6.07, 6.45) is 1.06. The molecule has 0 amide bonds. The summed E-state index contributed by atoms with van der Waals surface area (Å²) >= 11 is 11.3. The molecule has 0 spiro atoms. The molecule has 15 heavy (non-hydrogen) atoms. The van der Waals surface area contributed by atoms with Crippen LogP contribution in [0.5, 0.6) is 6.01 Å². The zero-order valence-corrected chi connectivity index (χ0v) is 9.66. The number of aromatic nitrogens is 3. The van der Waals surface area contributed by atoms with Gasteiger partial charge in [0.25, 0.3) is 0 Å². The Morgan fingerprint density at radius 1 is 1.27 bits per heavy atom. The highest BCUT2D eigenvalue weighted by atomic mass is 35.5. The molecular weight excluding hydrogens is 239 g/mol. The average molecular weight is 249 g/mol. The first-order valence-corrected chi connectivity index (χ1v) is 5.31. The number of likely N-dealkylation sites (N-methyl/N-ethyl adjacent to an activating group) is 1. The molecule has 0 bridgehead atoms. The van der Waals surface area contributed by atoms with Crippen LogP contribution in [0.1, 0.15) is 6.42 Å². The minimum atomic E-state index is 0.0522. The number of ether oxygens (including phenoxy) is 1. The van der Waals surface area contributed by atoms with Crippen molar-refractivity contribution in [2.75, 3.05) is 20.1 Å². The van der Waals surface area contributed by atoms with Crippen LogP contribution < -0.4 is 4.74 Å². The second-order valence-electron chi connectivity index (χ2n) is 3.45. The van der Waals surface area contributed by atoms with Crippen molar-refractivity contribution in [1.29, 1.82) is 0 Å². The van der Waals surface area contributed by atoms with Crippen LogP contribution in [0.15, 0.2) is 0 Å². The van der Waals surface area contributed by atoms with Crippen molar-refractivity contribution in [2.45, 2.75) is 12.5 Å². The molecule has 0 N–H and O–H groups in total. The van der Waals surface area contributed by atoms with Crippen LogP contribution in [-0.2, 0) is 0 Å². The Kier molecular flexibility index (Phi) is 3.23. The second-order valence-corrected chi connectivity index (χ2v) is 4.12. The monoisotopic (exact) mass is 248 g/mol. The van der Waals surface area contributed by atoms with Crippen molar-refractivity contribution in [2.24, 2.45) is 0 Å². The van der Waals surface area contributed by atoms with Gasteiger partial charge in [-0.2, -0.15) is 15.0 Å². The van der Waals surface area contributed by atoms with E-state index in [4.69, 9.17) is 27.9 Å². The fourth-order valence-corrected chi connectivity index (χ4v) is 1.85. The van der Waals surface area contributed by atoms with Gasteiger partial charge in [0.15, 0.2) is 0 Å². The predicted octanol–water partition coefficient (Wildman–Crippen LogP) is 1.26. The SMILES string of the molecule is CN1CCC(Oc2nc(Cl)nc(Cl)n2)C1. The summed E-state index contributed by atoms with van der Waals surface area (Å²) in [6, 6.07) is 0.195. The van der Waals surface area contributed by atoms with Crippen LogP contribution in [0.3, 0.4) is 0 Å². The lowest BCUT2D eigenvalue weighted by atomic mass is 10.3. The van der Waals surface area contributed by atoms with Gasteiger partial charge in [-0.1, -0.05) is 0 Å². The molecule has 1 atom stereocenters. The Bertz CT molecular complexity index is 342. The molecule has 7 heteroatoms. The summed E-state index contributed by atoms with van der Waals surface area (Å²) in [5, 5.41) is 0.104. The molecule has 0 saturated carbocycles. The number of nitrogens with zero attached hydrogens (tertiary/aromatic N) is 4. The third-order valence-corrected chi connectivity index (χ3v) is 2.52. The van der Waals surface area contributed by atoms with Gasteiger partial charge in [-0.15, -0.1) is 0 Å². The normalized spacial score (nSPS) is 21.9. The van der Waals surface area contributed by atoms with Crippen LogP contribution in [0.25, 0.3) is 0 Å². The Morgan fingerprint density at radius 2 is 1.93 bits per heavy atom. The molecule has 2 rings (SSSR count). The highest BCUT2D eigenvalue weighted by Gasteiger charge is 2.22. The summed E-state index contributed by atoms with van der Waals surface area (Å²) in [5.41, 5.74) is 0. The van der Waals surface area contributed by atoms with Crippen molar-refractivity contribution in [3.05, 3.63) is 10.6 Å². The maximum atomic E-state index is 5.63. The van der Waals surface area contributed by atoms with Crippen molar-refractivity contribution in [3.63, 3.8) is 0 Å². The summed E-state index contributed by atoms with van der Waals surface area (Å²) in [7, 11) is 2.04. The van der Waals surface area contributed by atoms with E-state index in [1.807, 2.05) is 7.05 Å². The number of rotatable bonds is 2. The molecule has 1 unspecified atom stereocenters. The van der Waals surface area contributed by atoms with E-state index < -0.39 is 0 Å². The number of hydrogen-bond donors (Lipinski definition) is 0. The number of halogens is 2. The summed E-state index contributed by atoms with van der Waals surface area (Å²) < 4.78 is 5.53. The molecule has 82 valence electrons. The van der Waals surface area contributed by atoms with E-state index in [0.29, 0.717) is 0 Å². The van der Waals surface area contributed by atoms with Gasteiger partial charge in [-0.25, -0.2) is 0 Å². The molecule has 0 aliphatic carbocycles. The van der Waals surface area contributed by atoms with E-state index in [2.05, 4.69) is 19.9 Å². The largest absolute Gasteiger partial charge is 0.459 e. The van der Waals surface area contributed by atoms with Crippen molar-refractivity contribution in [1.82, 2.24) is 19.9 Å². The summed E-state index contributed by atoms with van der Waals surface area (Å²) in [4.78, 5) is 13.5. The van der Waals surface area contributed by atoms with Gasteiger partial charge in [0.2, 0.25) is 10.6 Å². The molecule has 0 aromatic carbocycles. The molecule has 1 aromatic heterocycles. The predicted molar refractivity (Wildman–Crippen MR) is 56.4 cm³/mol. The average Bonchev–Trinajstić information content (AvgIpc) is 2.49. The molecular formula is C8H10Cl2N4O. The first kappa shape index (κ1) is 10.9. The van der Waals surface area contributed by atoms with Crippen LogP contribution in [0.4, 0.5) is 0 Å². The molecule has 1 aliphatic heterocycles. The minimum Gasteiger partial charge on any atom is -0.459 e. The van der Waals surface area contributed by atoms with Gasteiger partial charge >= 0.3 is 6.01 Å². The van der Waals surface area contributed by atoms with Gasteiger partial charge in [0.05, 0.1) is 0 Å². The van der Waals surface area contributed by atoms with E-state index in [9.17, 15) is 0 Å². The molecule has 5 nitrogen and oxygen atoms in total. The lowest BCUT2D eigenvalue weighted by Gasteiger charge is -2.11. The lowest BCUT2D eigenvalue weighted by Crippen LogP contribution is -2.22. The van der Waals surface area contributed by atoms with Gasteiger partial charge in [0, 0.05) is 13.1 Å². The van der Waals surface area contributed by atoms with E-state index >= 15 is 0 Å². The summed E-state index contributed by atoms with van der Waals surface area (Å²) in [5.74, 6) is 0. The third-order valence-electron chi connectivity index (χ3n) is 2.18. The first-order chi connectivity index (χ1) is 7.13. The quantitative estimate of drug-likeness (QED) is 0.789. The minimum absolute atomic E-state index is 0.0522. The maximum absolute atomic E-state index is 5.63. The zero-order chi connectivity index (χ0) is 10.8. The topological polar surface area (TPSA) is 51.1 Å². The van der Waals surface area contributed by atoms with Gasteiger partial charge in [-0.05, 0) is 36.7 Å². The highest BCUT2D eigenvalue weighted by molar-refractivity contribution is 6.31. The van der Waals surface area contributed by atoms with E-state index in [1.165, 1.54) is 0 Å². The first-order valence-electron chi connectivity index (χ1n) is 4.56. The molecule has 2 heterocycles. The van der Waals surface area contributed by atoms with E-state index in [1.54, 1.807) is 0 Å². The molecule has 1 aromatic rings. The smallest absolute Gasteiger partial charge is 0.322 e. The number of hydrogen-bond acceptors (Lipinski definition) is 5. The molecule has 1 aliphatic rings. The molecule has 1 saturated heterocycles. The fraction of sp³-hybridized carbons (Fsp3) is 0.625. The zero-order valence-electron chi connectivity index (χ0n) is 8.15. The van der Waals surface area contributed by atoms with E-state index in [0.717, 1.165) is 19.5 Å². The van der Waals surface area contributed by atoms with Gasteiger partial charge in [-0.3, -0.25) is 0 Å². The standard InChI is InChI=1S/C8H10Cl2N4O/c1-14-3-2-5(4-14)15-8-12-6(9)11-7(10)13-8/h5H,2-4H2,1H3.